The number of halogens is 1. The lowest BCUT2D eigenvalue weighted by atomic mass is 10.1. The fourth-order valence-corrected chi connectivity index (χ4v) is 2.94. The van der Waals surface area contributed by atoms with E-state index in [1.807, 2.05) is 0 Å². The zero-order chi connectivity index (χ0) is 15.2. The third-order valence-electron chi connectivity index (χ3n) is 2.89. The number of hydrogen-bond acceptors (Lipinski definition) is 2. The zero-order valence-electron chi connectivity index (χ0n) is 12.2. The summed E-state index contributed by atoms with van der Waals surface area (Å²) >= 11 is 1.55. The van der Waals surface area contributed by atoms with Gasteiger partial charge < -0.3 is 5.32 Å². The van der Waals surface area contributed by atoms with Gasteiger partial charge in [0.1, 0.15) is 5.82 Å². The van der Waals surface area contributed by atoms with Gasteiger partial charge >= 0.3 is 0 Å². The predicted molar refractivity (Wildman–Crippen MR) is 87.1 cm³/mol. The minimum absolute atomic E-state index is 0.116. The van der Waals surface area contributed by atoms with E-state index >= 15 is 0 Å². The van der Waals surface area contributed by atoms with Gasteiger partial charge in [0, 0.05) is 11.4 Å². The molecule has 0 fully saturated rings. The van der Waals surface area contributed by atoms with Gasteiger partial charge in [-0.05, 0) is 37.6 Å². The molecule has 2 aromatic rings. The smallest absolute Gasteiger partial charge is 0.234 e. The van der Waals surface area contributed by atoms with Crippen LogP contribution in [0.15, 0.2) is 42.5 Å². The number of rotatable bonds is 5. The fraction of sp³-hybridized carbons (Fsp3) is 0.235. The first-order chi connectivity index (χ1) is 10.0. The summed E-state index contributed by atoms with van der Waals surface area (Å²) < 4.78 is 13.0. The second-order valence-corrected chi connectivity index (χ2v) is 6.03. The number of nitrogens with one attached hydrogen (secondary N) is 1. The molecule has 0 aliphatic rings. The maximum absolute atomic E-state index is 13.0. The summed E-state index contributed by atoms with van der Waals surface area (Å²) in [5.41, 5.74) is 4.17. The van der Waals surface area contributed by atoms with Crippen molar-refractivity contribution in [1.82, 2.24) is 0 Å². The molecule has 1 N–H and O–H groups in total. The van der Waals surface area contributed by atoms with E-state index in [1.54, 1.807) is 23.9 Å². The van der Waals surface area contributed by atoms with E-state index in [2.05, 4.69) is 37.4 Å². The predicted octanol–water partition coefficient (Wildman–Crippen LogP) is 4.31. The summed E-state index contributed by atoms with van der Waals surface area (Å²) in [5.74, 6) is 0.674. The second kappa shape index (κ2) is 7.27. The highest BCUT2D eigenvalue weighted by Gasteiger charge is 2.04. The molecule has 2 rings (SSSR count). The highest BCUT2D eigenvalue weighted by Crippen LogP contribution is 2.16. The number of hydrogen-bond donors (Lipinski definition) is 1. The Morgan fingerprint density at radius 1 is 1.14 bits per heavy atom. The minimum atomic E-state index is -0.351. The quantitative estimate of drug-likeness (QED) is 0.891. The van der Waals surface area contributed by atoms with Crippen LogP contribution in [0.2, 0.25) is 0 Å². The highest BCUT2D eigenvalue weighted by atomic mass is 32.2. The van der Waals surface area contributed by atoms with Gasteiger partial charge in [-0.25, -0.2) is 4.39 Å². The van der Waals surface area contributed by atoms with Crippen LogP contribution in [-0.4, -0.2) is 11.7 Å². The average Bonchev–Trinajstić information content (AvgIpc) is 2.37. The first-order valence-corrected chi connectivity index (χ1v) is 7.89. The molecular formula is C17H18FNOS. The fourth-order valence-electron chi connectivity index (χ4n) is 2.18. The van der Waals surface area contributed by atoms with E-state index in [9.17, 15) is 9.18 Å². The molecule has 0 aliphatic heterocycles. The lowest BCUT2D eigenvalue weighted by Gasteiger charge is -2.06. The number of benzene rings is 2. The summed E-state index contributed by atoms with van der Waals surface area (Å²) in [7, 11) is 0. The molecule has 0 aromatic heterocycles. The van der Waals surface area contributed by atoms with E-state index in [1.165, 1.54) is 28.8 Å². The van der Waals surface area contributed by atoms with E-state index < -0.39 is 0 Å². The number of carbonyl (C=O) groups excluding carboxylic acids is 1. The van der Waals surface area contributed by atoms with Crippen LogP contribution >= 0.6 is 11.8 Å². The van der Waals surface area contributed by atoms with Crippen LogP contribution in [0.5, 0.6) is 0 Å². The Labute approximate surface area is 128 Å². The second-order valence-electron chi connectivity index (χ2n) is 5.05. The topological polar surface area (TPSA) is 29.1 Å². The van der Waals surface area contributed by atoms with Gasteiger partial charge in [-0.1, -0.05) is 35.4 Å². The largest absolute Gasteiger partial charge is 0.325 e. The summed E-state index contributed by atoms with van der Waals surface area (Å²) in [4.78, 5) is 11.8. The molecule has 0 aliphatic carbocycles. The van der Waals surface area contributed by atoms with Crippen molar-refractivity contribution in [2.75, 3.05) is 11.1 Å². The van der Waals surface area contributed by atoms with Crippen molar-refractivity contribution in [3.63, 3.8) is 0 Å². The molecule has 4 heteroatoms. The summed E-state index contributed by atoms with van der Waals surface area (Å²) in [6.45, 7) is 4.13. The van der Waals surface area contributed by atoms with Crippen molar-refractivity contribution in [2.45, 2.75) is 19.6 Å². The van der Waals surface area contributed by atoms with Crippen molar-refractivity contribution < 1.29 is 9.18 Å². The lowest BCUT2D eigenvalue weighted by molar-refractivity contribution is -0.113. The lowest BCUT2D eigenvalue weighted by Crippen LogP contribution is -2.14. The van der Waals surface area contributed by atoms with Gasteiger partial charge in [-0.15, -0.1) is 11.8 Å². The normalized spacial score (nSPS) is 10.4. The van der Waals surface area contributed by atoms with Crippen molar-refractivity contribution in [3.05, 3.63) is 65.0 Å². The van der Waals surface area contributed by atoms with Crippen LogP contribution in [0.4, 0.5) is 10.1 Å². The molecule has 0 spiro atoms. The van der Waals surface area contributed by atoms with Crippen molar-refractivity contribution >= 4 is 23.4 Å². The number of anilines is 1. The first kappa shape index (κ1) is 15.6. The van der Waals surface area contributed by atoms with Crippen LogP contribution in [0.3, 0.4) is 0 Å². The van der Waals surface area contributed by atoms with Crippen molar-refractivity contribution in [3.8, 4) is 0 Å². The maximum Gasteiger partial charge on any atom is 0.234 e. The molecular weight excluding hydrogens is 285 g/mol. The Kier molecular flexibility index (Phi) is 5.39. The summed E-state index contributed by atoms with van der Waals surface area (Å²) in [6, 6.07) is 12.3. The molecule has 2 aromatic carbocycles. The Morgan fingerprint density at radius 2 is 1.86 bits per heavy atom. The van der Waals surface area contributed by atoms with E-state index in [4.69, 9.17) is 0 Å². The SMILES string of the molecule is Cc1cc(C)cc(CSCC(=O)Nc2cccc(F)c2)c1. The Balaban J connectivity index is 1.81. The molecule has 0 saturated carbocycles. The molecule has 0 bridgehead atoms. The molecule has 0 atom stereocenters. The van der Waals surface area contributed by atoms with Crippen LogP contribution in [0.1, 0.15) is 16.7 Å². The molecule has 0 saturated heterocycles. The van der Waals surface area contributed by atoms with Gasteiger partial charge in [-0.2, -0.15) is 0 Å². The number of thioether (sulfide) groups is 1. The third-order valence-corrected chi connectivity index (χ3v) is 3.90. The monoisotopic (exact) mass is 303 g/mol. The third kappa shape index (κ3) is 5.23. The van der Waals surface area contributed by atoms with Crippen molar-refractivity contribution in [1.29, 1.82) is 0 Å². The van der Waals surface area contributed by atoms with Gasteiger partial charge in [0.05, 0.1) is 5.75 Å². The molecule has 0 unspecified atom stereocenters. The number of aryl methyl sites for hydroxylation is 2. The van der Waals surface area contributed by atoms with E-state index in [0.29, 0.717) is 11.4 Å². The highest BCUT2D eigenvalue weighted by molar-refractivity contribution is 7.99. The van der Waals surface area contributed by atoms with E-state index in [-0.39, 0.29) is 11.7 Å². The average molecular weight is 303 g/mol. The summed E-state index contributed by atoms with van der Waals surface area (Å²) in [5, 5.41) is 2.69. The standard InChI is InChI=1S/C17H18FNOS/c1-12-6-13(2)8-14(7-12)10-21-11-17(20)19-16-5-3-4-15(18)9-16/h3-9H,10-11H2,1-2H3,(H,19,20). The molecule has 0 radical (unpaired) electrons. The van der Waals surface area contributed by atoms with E-state index in [0.717, 1.165) is 5.75 Å². The Hall–Kier alpha value is -1.81. The Bertz CT molecular complexity index is 622. The van der Waals surface area contributed by atoms with Crippen LogP contribution in [-0.2, 0) is 10.5 Å². The number of amides is 1. The van der Waals surface area contributed by atoms with Crippen LogP contribution in [0, 0.1) is 19.7 Å². The van der Waals surface area contributed by atoms with Gasteiger partial charge in [0.15, 0.2) is 0 Å². The molecule has 0 heterocycles. The molecule has 21 heavy (non-hydrogen) atoms. The minimum Gasteiger partial charge on any atom is -0.325 e. The van der Waals surface area contributed by atoms with Gasteiger partial charge in [0.25, 0.3) is 0 Å². The van der Waals surface area contributed by atoms with Crippen LogP contribution in [0.25, 0.3) is 0 Å². The Morgan fingerprint density at radius 3 is 2.52 bits per heavy atom. The van der Waals surface area contributed by atoms with Gasteiger partial charge in [-0.3, -0.25) is 4.79 Å². The molecule has 1 amide bonds. The van der Waals surface area contributed by atoms with Crippen LogP contribution < -0.4 is 5.32 Å². The maximum atomic E-state index is 13.0. The summed E-state index contributed by atoms with van der Waals surface area (Å²) in [6.07, 6.45) is 0. The molecule has 110 valence electrons. The number of carbonyl (C=O) groups is 1. The van der Waals surface area contributed by atoms with Gasteiger partial charge in [0.2, 0.25) is 5.91 Å². The first-order valence-electron chi connectivity index (χ1n) is 6.73. The zero-order valence-corrected chi connectivity index (χ0v) is 13.0. The molecule has 2 nitrogen and oxygen atoms in total. The van der Waals surface area contributed by atoms with Crippen molar-refractivity contribution in [2.24, 2.45) is 0 Å².